The van der Waals surface area contributed by atoms with Gasteiger partial charge >= 0.3 is 5.97 Å². The first-order valence-electron chi connectivity index (χ1n) is 7.98. The fraction of sp³-hybridized carbons (Fsp3) is 0.263. The van der Waals surface area contributed by atoms with Crippen LogP contribution < -0.4 is 10.2 Å². The maximum absolute atomic E-state index is 12.1. The molecule has 1 aliphatic heterocycles. The van der Waals surface area contributed by atoms with Gasteiger partial charge in [0.25, 0.3) is 0 Å². The predicted octanol–water partition coefficient (Wildman–Crippen LogP) is 2.86. The van der Waals surface area contributed by atoms with E-state index in [2.05, 4.69) is 27.1 Å². The van der Waals surface area contributed by atoms with Crippen molar-refractivity contribution < 1.29 is 14.3 Å². The molecule has 24 heavy (non-hydrogen) atoms. The zero-order valence-corrected chi connectivity index (χ0v) is 13.6. The van der Waals surface area contributed by atoms with E-state index in [0.717, 1.165) is 13.0 Å². The van der Waals surface area contributed by atoms with Crippen LogP contribution in [0.15, 0.2) is 48.5 Å². The summed E-state index contributed by atoms with van der Waals surface area (Å²) in [6.45, 7) is 1.66. The van der Waals surface area contributed by atoms with Gasteiger partial charge in [-0.1, -0.05) is 18.2 Å². The number of hydrogen-bond donors (Lipinski definition) is 1. The van der Waals surface area contributed by atoms with Crippen molar-refractivity contribution in [3.63, 3.8) is 0 Å². The summed E-state index contributed by atoms with van der Waals surface area (Å²) in [7, 11) is 1.34. The summed E-state index contributed by atoms with van der Waals surface area (Å²) in [6.07, 6.45) is 1.46. The van der Waals surface area contributed by atoms with Crippen LogP contribution in [0, 0.1) is 0 Å². The van der Waals surface area contributed by atoms with Gasteiger partial charge in [0.05, 0.1) is 12.7 Å². The molecule has 1 aliphatic rings. The minimum absolute atomic E-state index is 0.0369. The smallest absolute Gasteiger partial charge is 0.337 e. The topological polar surface area (TPSA) is 58.6 Å². The lowest BCUT2D eigenvalue weighted by molar-refractivity contribution is -0.116. The van der Waals surface area contributed by atoms with Crippen molar-refractivity contribution in [3.05, 3.63) is 59.7 Å². The Morgan fingerprint density at radius 2 is 1.88 bits per heavy atom. The minimum atomic E-state index is -0.388. The summed E-state index contributed by atoms with van der Waals surface area (Å²) in [5.41, 5.74) is 3.71. The van der Waals surface area contributed by atoms with Crippen LogP contribution in [0.25, 0.3) is 0 Å². The van der Waals surface area contributed by atoms with E-state index in [1.165, 1.54) is 18.4 Å². The van der Waals surface area contributed by atoms with Crippen molar-refractivity contribution in [2.75, 3.05) is 30.4 Å². The maximum atomic E-state index is 12.1. The number of fused-ring (bicyclic) bond motifs is 1. The molecular formula is C19H20N2O3. The Hall–Kier alpha value is -2.82. The number of anilines is 2. The SMILES string of the molecule is COC(=O)c1ccc(NC(=O)CCN2CCc3ccccc32)cc1. The first-order chi connectivity index (χ1) is 11.7. The molecule has 5 nitrogen and oxygen atoms in total. The zero-order valence-electron chi connectivity index (χ0n) is 13.6. The van der Waals surface area contributed by atoms with Crippen LogP contribution in [0.5, 0.6) is 0 Å². The fourth-order valence-corrected chi connectivity index (χ4v) is 2.91. The summed E-state index contributed by atoms with van der Waals surface area (Å²) >= 11 is 0. The molecule has 124 valence electrons. The number of hydrogen-bond acceptors (Lipinski definition) is 4. The largest absolute Gasteiger partial charge is 0.465 e. The number of carbonyl (C=O) groups is 2. The van der Waals surface area contributed by atoms with E-state index in [9.17, 15) is 9.59 Å². The van der Waals surface area contributed by atoms with Crippen LogP contribution in [0.4, 0.5) is 11.4 Å². The third-order valence-corrected chi connectivity index (χ3v) is 4.18. The van der Waals surface area contributed by atoms with Crippen molar-refractivity contribution in [3.8, 4) is 0 Å². The number of para-hydroxylation sites is 1. The highest BCUT2D eigenvalue weighted by molar-refractivity contribution is 5.93. The van der Waals surface area contributed by atoms with Gasteiger partial charge in [0.1, 0.15) is 0 Å². The average molecular weight is 324 g/mol. The van der Waals surface area contributed by atoms with Crippen molar-refractivity contribution in [2.45, 2.75) is 12.8 Å². The number of benzene rings is 2. The average Bonchev–Trinajstić information content (AvgIpc) is 3.03. The van der Waals surface area contributed by atoms with E-state index >= 15 is 0 Å². The summed E-state index contributed by atoms with van der Waals surface area (Å²) in [5.74, 6) is -0.425. The first kappa shape index (κ1) is 16.1. The monoisotopic (exact) mass is 324 g/mol. The molecule has 0 radical (unpaired) electrons. The molecule has 0 aromatic heterocycles. The summed E-state index contributed by atoms with van der Waals surface area (Å²) < 4.78 is 4.65. The van der Waals surface area contributed by atoms with Gasteiger partial charge in [-0.15, -0.1) is 0 Å². The number of esters is 1. The Morgan fingerprint density at radius 1 is 1.12 bits per heavy atom. The second-order valence-corrected chi connectivity index (χ2v) is 5.73. The highest BCUT2D eigenvalue weighted by atomic mass is 16.5. The molecule has 1 amide bonds. The number of ether oxygens (including phenoxy) is 1. The van der Waals surface area contributed by atoms with Gasteiger partial charge in [0, 0.05) is 30.9 Å². The first-order valence-corrected chi connectivity index (χ1v) is 7.98. The van der Waals surface area contributed by atoms with E-state index in [0.29, 0.717) is 24.2 Å². The van der Waals surface area contributed by atoms with Crippen molar-refractivity contribution in [1.29, 1.82) is 0 Å². The van der Waals surface area contributed by atoms with Crippen LogP contribution in [-0.4, -0.2) is 32.1 Å². The van der Waals surface area contributed by atoms with Crippen LogP contribution in [0.1, 0.15) is 22.3 Å². The fourth-order valence-electron chi connectivity index (χ4n) is 2.91. The van der Waals surface area contributed by atoms with Crippen molar-refractivity contribution in [2.24, 2.45) is 0 Å². The summed E-state index contributed by atoms with van der Waals surface area (Å²) in [6, 6.07) is 15.0. The van der Waals surface area contributed by atoms with E-state index in [1.807, 2.05) is 12.1 Å². The normalized spacial score (nSPS) is 12.6. The maximum Gasteiger partial charge on any atom is 0.337 e. The molecule has 0 atom stereocenters. The lowest BCUT2D eigenvalue weighted by Crippen LogP contribution is -2.26. The highest BCUT2D eigenvalue weighted by Crippen LogP contribution is 2.27. The van der Waals surface area contributed by atoms with E-state index < -0.39 is 0 Å². The summed E-state index contributed by atoms with van der Waals surface area (Å²) in [4.78, 5) is 25.8. The van der Waals surface area contributed by atoms with E-state index in [-0.39, 0.29) is 11.9 Å². The number of rotatable bonds is 5. The Balaban J connectivity index is 1.52. The second-order valence-electron chi connectivity index (χ2n) is 5.73. The molecule has 0 aliphatic carbocycles. The number of methoxy groups -OCH3 is 1. The molecule has 0 saturated carbocycles. The van der Waals surface area contributed by atoms with Gasteiger partial charge in [-0.2, -0.15) is 0 Å². The minimum Gasteiger partial charge on any atom is -0.465 e. The van der Waals surface area contributed by atoms with Crippen LogP contribution in [0.2, 0.25) is 0 Å². The molecule has 2 aromatic carbocycles. The molecule has 5 heteroatoms. The summed E-state index contributed by atoms with van der Waals surface area (Å²) in [5, 5.41) is 2.86. The number of carbonyl (C=O) groups excluding carboxylic acids is 2. The quantitative estimate of drug-likeness (QED) is 0.859. The highest BCUT2D eigenvalue weighted by Gasteiger charge is 2.18. The number of nitrogens with one attached hydrogen (secondary N) is 1. The van der Waals surface area contributed by atoms with Crippen molar-refractivity contribution in [1.82, 2.24) is 0 Å². The van der Waals surface area contributed by atoms with Gasteiger partial charge in [0.15, 0.2) is 0 Å². The molecular weight excluding hydrogens is 304 g/mol. The van der Waals surface area contributed by atoms with Crippen LogP contribution >= 0.6 is 0 Å². The van der Waals surface area contributed by atoms with Gasteiger partial charge in [-0.05, 0) is 42.3 Å². The molecule has 1 heterocycles. The third-order valence-electron chi connectivity index (χ3n) is 4.18. The lowest BCUT2D eigenvalue weighted by atomic mass is 10.2. The van der Waals surface area contributed by atoms with E-state index in [4.69, 9.17) is 0 Å². The molecule has 0 spiro atoms. The lowest BCUT2D eigenvalue weighted by Gasteiger charge is -2.19. The molecule has 3 rings (SSSR count). The zero-order chi connectivity index (χ0) is 16.9. The molecule has 0 saturated heterocycles. The Labute approximate surface area is 141 Å². The van der Waals surface area contributed by atoms with Gasteiger partial charge < -0.3 is 15.0 Å². The molecule has 0 bridgehead atoms. The van der Waals surface area contributed by atoms with E-state index in [1.54, 1.807) is 24.3 Å². The number of nitrogens with zero attached hydrogens (tertiary/aromatic N) is 1. The van der Waals surface area contributed by atoms with Gasteiger partial charge in [0.2, 0.25) is 5.91 Å². The standard InChI is InChI=1S/C19H20N2O3/c1-24-19(23)15-6-8-16(9-7-15)20-18(22)11-13-21-12-10-14-4-2-3-5-17(14)21/h2-9H,10-13H2,1H3,(H,20,22). The van der Waals surface area contributed by atoms with Gasteiger partial charge in [-0.3, -0.25) is 4.79 Å². The Morgan fingerprint density at radius 3 is 2.62 bits per heavy atom. The third kappa shape index (κ3) is 3.56. The van der Waals surface area contributed by atoms with Crippen LogP contribution in [0.3, 0.4) is 0 Å². The van der Waals surface area contributed by atoms with Crippen LogP contribution in [-0.2, 0) is 16.0 Å². The molecule has 2 aromatic rings. The van der Waals surface area contributed by atoms with Crippen molar-refractivity contribution >= 4 is 23.3 Å². The number of amides is 1. The molecule has 1 N–H and O–H groups in total. The van der Waals surface area contributed by atoms with Gasteiger partial charge in [-0.25, -0.2) is 4.79 Å². The Bertz CT molecular complexity index is 741. The second kappa shape index (κ2) is 7.17. The predicted molar refractivity (Wildman–Crippen MR) is 93.4 cm³/mol. The molecule has 0 fully saturated rings. The molecule has 0 unspecified atom stereocenters. The Kier molecular flexibility index (Phi) is 4.79.